The average Bonchev–Trinajstić information content (AvgIpc) is 2.50. The Bertz CT molecular complexity index is 890. The lowest BCUT2D eigenvalue weighted by Crippen LogP contribution is -2.14. The highest BCUT2D eigenvalue weighted by Crippen LogP contribution is 2.35. The fraction of sp³-hybridized carbons (Fsp3) is 0.300. The molecule has 2 aromatic rings. The van der Waals surface area contributed by atoms with Crippen molar-refractivity contribution < 1.29 is 30.0 Å². The van der Waals surface area contributed by atoms with Crippen molar-refractivity contribution in [2.24, 2.45) is 0 Å². The third-order valence-electron chi connectivity index (χ3n) is 4.21. The molecule has 2 rings (SSSR count). The third kappa shape index (κ3) is 3.79. The second kappa shape index (κ2) is 6.71. The molecule has 0 atom stereocenters. The maximum Gasteiger partial charge on any atom is 0.339 e. The smallest absolute Gasteiger partial charge is 0.339 e. The summed E-state index contributed by atoms with van der Waals surface area (Å²) in [5, 5.41) is 38.7. The fourth-order valence-electron chi connectivity index (χ4n) is 2.89. The van der Waals surface area contributed by atoms with E-state index in [1.54, 1.807) is 19.1 Å². The third-order valence-corrected chi connectivity index (χ3v) is 4.21. The number of benzene rings is 2. The van der Waals surface area contributed by atoms with Gasteiger partial charge in [0.2, 0.25) is 0 Å². The first-order valence-electron chi connectivity index (χ1n) is 8.07. The first-order valence-corrected chi connectivity index (χ1v) is 8.07. The number of hydrogen-bond donors (Lipinski definition) is 4. The molecule has 6 heteroatoms. The van der Waals surface area contributed by atoms with E-state index in [1.807, 2.05) is 20.8 Å². The molecule has 26 heavy (non-hydrogen) atoms. The quantitative estimate of drug-likeness (QED) is 0.662. The van der Waals surface area contributed by atoms with Crippen LogP contribution in [0.15, 0.2) is 24.3 Å². The summed E-state index contributed by atoms with van der Waals surface area (Å²) in [5.74, 6) is -3.02. The molecule has 0 saturated carbocycles. The second-order valence-corrected chi connectivity index (χ2v) is 7.39. The molecule has 0 spiro atoms. The van der Waals surface area contributed by atoms with E-state index in [9.17, 15) is 30.0 Å². The minimum absolute atomic E-state index is 0.193. The Kier molecular flexibility index (Phi) is 4.98. The molecular formula is C20H22O6. The van der Waals surface area contributed by atoms with Gasteiger partial charge in [-0.2, -0.15) is 0 Å². The van der Waals surface area contributed by atoms with E-state index in [2.05, 4.69) is 0 Å². The van der Waals surface area contributed by atoms with Gasteiger partial charge in [-0.3, -0.25) is 0 Å². The van der Waals surface area contributed by atoms with Crippen LogP contribution in [0.4, 0.5) is 0 Å². The molecule has 0 radical (unpaired) electrons. The van der Waals surface area contributed by atoms with Crippen LogP contribution in [0.5, 0.6) is 11.5 Å². The lowest BCUT2D eigenvalue weighted by atomic mass is 9.83. The maximum atomic E-state index is 11.5. The van der Waals surface area contributed by atoms with Crippen LogP contribution < -0.4 is 0 Å². The predicted molar refractivity (Wildman–Crippen MR) is 96.4 cm³/mol. The van der Waals surface area contributed by atoms with Crippen LogP contribution in [0.25, 0.3) is 0 Å². The van der Waals surface area contributed by atoms with Crippen molar-refractivity contribution in [3.63, 3.8) is 0 Å². The van der Waals surface area contributed by atoms with Crippen molar-refractivity contribution in [1.82, 2.24) is 0 Å². The minimum Gasteiger partial charge on any atom is -0.507 e. The Labute approximate surface area is 151 Å². The van der Waals surface area contributed by atoms with E-state index < -0.39 is 17.4 Å². The molecule has 0 saturated heterocycles. The molecule has 0 aliphatic rings. The molecule has 0 aliphatic carbocycles. The van der Waals surface area contributed by atoms with E-state index in [0.717, 1.165) is 0 Å². The second-order valence-electron chi connectivity index (χ2n) is 7.39. The predicted octanol–water partition coefficient (Wildman–Crippen LogP) is 3.69. The lowest BCUT2D eigenvalue weighted by Gasteiger charge is -2.22. The summed E-state index contributed by atoms with van der Waals surface area (Å²) in [6, 6.07) is 6.14. The van der Waals surface area contributed by atoms with Crippen LogP contribution in [0.2, 0.25) is 0 Å². The number of aromatic hydroxyl groups is 2. The highest BCUT2D eigenvalue weighted by atomic mass is 16.4. The van der Waals surface area contributed by atoms with Gasteiger partial charge in [-0.05, 0) is 47.6 Å². The largest absolute Gasteiger partial charge is 0.507 e. The molecule has 0 fully saturated rings. The first kappa shape index (κ1) is 19.3. The van der Waals surface area contributed by atoms with Gasteiger partial charge in [-0.25, -0.2) is 9.59 Å². The molecule has 0 bridgehead atoms. The normalized spacial score (nSPS) is 11.4. The van der Waals surface area contributed by atoms with Crippen LogP contribution in [0, 0.1) is 6.92 Å². The summed E-state index contributed by atoms with van der Waals surface area (Å²) in [5.41, 5.74) is 1.32. The van der Waals surface area contributed by atoms with Gasteiger partial charge in [0.25, 0.3) is 0 Å². The zero-order valence-corrected chi connectivity index (χ0v) is 15.1. The standard InChI is InChI=1S/C20H22O6/c1-10-5-11(7-13(16(10)21)18(23)24)6-12-8-14(19(25)26)17(22)15(9-12)20(2,3)4/h5,7-9,21-22H,6H2,1-4H3,(H,23,24)(H,25,26). The minimum atomic E-state index is -1.24. The molecule has 138 valence electrons. The first-order chi connectivity index (χ1) is 11.9. The average molecular weight is 358 g/mol. The Balaban J connectivity index is 2.59. The Hall–Kier alpha value is -3.02. The maximum absolute atomic E-state index is 11.5. The van der Waals surface area contributed by atoms with Gasteiger partial charge in [0.05, 0.1) is 0 Å². The van der Waals surface area contributed by atoms with Gasteiger partial charge in [0, 0.05) is 5.56 Å². The highest BCUT2D eigenvalue weighted by Gasteiger charge is 2.24. The number of carboxylic acids is 2. The van der Waals surface area contributed by atoms with Crippen LogP contribution in [0.1, 0.15) is 63.7 Å². The van der Waals surface area contributed by atoms with E-state index in [4.69, 9.17) is 0 Å². The van der Waals surface area contributed by atoms with Crippen molar-refractivity contribution in [1.29, 1.82) is 0 Å². The van der Waals surface area contributed by atoms with Crippen LogP contribution >= 0.6 is 0 Å². The summed E-state index contributed by atoms with van der Waals surface area (Å²) >= 11 is 0. The van der Waals surface area contributed by atoms with Crippen molar-refractivity contribution in [3.8, 4) is 11.5 Å². The van der Waals surface area contributed by atoms with Gasteiger partial charge < -0.3 is 20.4 Å². The fourth-order valence-corrected chi connectivity index (χ4v) is 2.89. The van der Waals surface area contributed by atoms with E-state index in [1.165, 1.54) is 12.1 Å². The summed E-state index contributed by atoms with van der Waals surface area (Å²) in [6.07, 6.45) is 0.269. The molecule has 0 aliphatic heterocycles. The van der Waals surface area contributed by atoms with Gasteiger partial charge in [-0.15, -0.1) is 0 Å². The van der Waals surface area contributed by atoms with Crippen molar-refractivity contribution in [2.45, 2.75) is 39.5 Å². The molecule has 0 heterocycles. The summed E-state index contributed by atoms with van der Waals surface area (Å²) in [4.78, 5) is 22.8. The lowest BCUT2D eigenvalue weighted by molar-refractivity contribution is 0.0682. The number of phenols is 2. The van der Waals surface area contributed by atoms with Gasteiger partial charge in [-0.1, -0.05) is 32.9 Å². The molecule has 2 aromatic carbocycles. The SMILES string of the molecule is Cc1cc(Cc2cc(C(=O)O)c(O)c(C(C)(C)C)c2)cc(C(=O)O)c1O. The van der Waals surface area contributed by atoms with E-state index in [0.29, 0.717) is 22.3 Å². The molecular weight excluding hydrogens is 336 g/mol. The van der Waals surface area contributed by atoms with Gasteiger partial charge >= 0.3 is 11.9 Å². The Morgan fingerprint density at radius 2 is 1.31 bits per heavy atom. The van der Waals surface area contributed by atoms with Crippen molar-refractivity contribution >= 4 is 11.9 Å². The molecule has 0 amide bonds. The number of rotatable bonds is 4. The number of aryl methyl sites for hydroxylation is 1. The van der Waals surface area contributed by atoms with Crippen molar-refractivity contribution in [2.75, 3.05) is 0 Å². The molecule has 0 unspecified atom stereocenters. The van der Waals surface area contributed by atoms with E-state index in [-0.39, 0.29) is 29.0 Å². The van der Waals surface area contributed by atoms with Crippen molar-refractivity contribution in [3.05, 3.63) is 57.6 Å². The molecule has 4 N–H and O–H groups in total. The summed E-state index contributed by atoms with van der Waals surface area (Å²) in [7, 11) is 0. The van der Waals surface area contributed by atoms with Gasteiger partial charge in [0.1, 0.15) is 22.6 Å². The number of hydrogen-bond acceptors (Lipinski definition) is 4. The highest BCUT2D eigenvalue weighted by molar-refractivity contribution is 5.92. The summed E-state index contributed by atoms with van der Waals surface area (Å²) in [6.45, 7) is 7.20. The zero-order valence-electron chi connectivity index (χ0n) is 15.1. The van der Waals surface area contributed by atoms with Crippen LogP contribution in [-0.2, 0) is 11.8 Å². The van der Waals surface area contributed by atoms with E-state index >= 15 is 0 Å². The summed E-state index contributed by atoms with van der Waals surface area (Å²) < 4.78 is 0. The van der Waals surface area contributed by atoms with Gasteiger partial charge in [0.15, 0.2) is 0 Å². The van der Waals surface area contributed by atoms with Crippen LogP contribution in [-0.4, -0.2) is 32.4 Å². The number of carboxylic acid groups (broad SMARTS) is 2. The topological polar surface area (TPSA) is 115 Å². The molecule has 0 aromatic heterocycles. The number of carbonyl (C=O) groups is 2. The Morgan fingerprint density at radius 1 is 0.846 bits per heavy atom. The monoisotopic (exact) mass is 358 g/mol. The molecule has 6 nitrogen and oxygen atoms in total. The Morgan fingerprint density at radius 3 is 1.77 bits per heavy atom. The zero-order chi connectivity index (χ0) is 19.8. The number of aromatic carboxylic acids is 2. The van der Waals surface area contributed by atoms with Crippen LogP contribution in [0.3, 0.4) is 0 Å².